The van der Waals surface area contributed by atoms with Crippen molar-refractivity contribution in [3.63, 3.8) is 0 Å². The average Bonchev–Trinajstić information content (AvgIpc) is 2.02. The average molecular weight is 198 g/mol. The summed E-state index contributed by atoms with van der Waals surface area (Å²) in [5, 5.41) is 2.74. The zero-order valence-electron chi connectivity index (χ0n) is 9.20. The first-order valence-corrected chi connectivity index (χ1v) is 5.06. The van der Waals surface area contributed by atoms with Gasteiger partial charge in [0.1, 0.15) is 0 Å². The van der Waals surface area contributed by atoms with Crippen LogP contribution in [-0.4, -0.2) is 29.4 Å². The third-order valence-electron chi connectivity index (χ3n) is 2.57. The summed E-state index contributed by atoms with van der Waals surface area (Å²) >= 11 is 0. The van der Waals surface area contributed by atoms with Gasteiger partial charge in [-0.25, -0.2) is 4.79 Å². The van der Waals surface area contributed by atoms with Crippen molar-refractivity contribution < 1.29 is 9.59 Å². The summed E-state index contributed by atoms with van der Waals surface area (Å²) in [7, 11) is 0. The Balaban J connectivity index is 2.83. The lowest BCUT2D eigenvalue weighted by atomic mass is 9.92. The summed E-state index contributed by atoms with van der Waals surface area (Å²) in [6.07, 6.45) is 0. The zero-order valence-corrected chi connectivity index (χ0v) is 9.20. The van der Waals surface area contributed by atoms with Gasteiger partial charge < -0.3 is 5.32 Å². The molecule has 0 aliphatic carbocycles. The molecule has 14 heavy (non-hydrogen) atoms. The Hall–Kier alpha value is -1.06. The summed E-state index contributed by atoms with van der Waals surface area (Å²) in [4.78, 5) is 24.6. The number of rotatable bonds is 2. The summed E-state index contributed by atoms with van der Waals surface area (Å²) in [5.74, 6) is 0.151. The van der Waals surface area contributed by atoms with E-state index in [2.05, 4.69) is 5.32 Å². The van der Waals surface area contributed by atoms with E-state index in [0.717, 1.165) is 0 Å². The van der Waals surface area contributed by atoms with Crippen LogP contribution < -0.4 is 5.32 Å². The molecule has 0 saturated carbocycles. The van der Waals surface area contributed by atoms with E-state index in [0.29, 0.717) is 6.54 Å². The monoisotopic (exact) mass is 198 g/mol. The molecule has 0 aromatic carbocycles. The Morgan fingerprint density at radius 2 is 1.86 bits per heavy atom. The number of nitrogens with zero attached hydrogens (tertiary/aromatic N) is 1. The van der Waals surface area contributed by atoms with Gasteiger partial charge in [-0.05, 0) is 19.8 Å². The van der Waals surface area contributed by atoms with Crippen LogP contribution in [0.5, 0.6) is 0 Å². The van der Waals surface area contributed by atoms with Crippen molar-refractivity contribution in [3.8, 4) is 0 Å². The van der Waals surface area contributed by atoms with E-state index in [4.69, 9.17) is 0 Å². The van der Waals surface area contributed by atoms with Gasteiger partial charge in [-0.15, -0.1) is 0 Å². The number of imide groups is 1. The van der Waals surface area contributed by atoms with Crippen LogP contribution in [0, 0.1) is 11.8 Å². The fraction of sp³-hybridized carbons (Fsp3) is 0.800. The third-order valence-corrected chi connectivity index (χ3v) is 2.57. The molecule has 0 aromatic rings. The summed E-state index contributed by atoms with van der Waals surface area (Å²) in [5.41, 5.74) is 0. The minimum absolute atomic E-state index is 0.0428. The Bertz CT molecular complexity index is 249. The number of nitrogens with one attached hydrogen (secondary N) is 1. The quantitative estimate of drug-likeness (QED) is 0.725. The lowest BCUT2D eigenvalue weighted by Gasteiger charge is -2.35. The molecule has 4 heteroatoms. The molecule has 1 aliphatic rings. The predicted octanol–water partition coefficient (Wildman–Crippen LogP) is 1.22. The summed E-state index contributed by atoms with van der Waals surface area (Å²) in [6, 6.07) is -0.328. The number of hydrogen-bond acceptors (Lipinski definition) is 2. The van der Waals surface area contributed by atoms with E-state index >= 15 is 0 Å². The lowest BCUT2D eigenvalue weighted by molar-refractivity contribution is -0.136. The first-order chi connectivity index (χ1) is 6.45. The maximum absolute atomic E-state index is 11.9. The number of hydrogen-bond donors (Lipinski definition) is 1. The van der Waals surface area contributed by atoms with Crippen LogP contribution in [0.2, 0.25) is 0 Å². The molecule has 0 radical (unpaired) electrons. The maximum Gasteiger partial charge on any atom is 0.324 e. The van der Waals surface area contributed by atoms with E-state index in [9.17, 15) is 9.59 Å². The highest BCUT2D eigenvalue weighted by molar-refractivity contribution is 5.98. The maximum atomic E-state index is 11.9. The highest BCUT2D eigenvalue weighted by atomic mass is 16.2. The van der Waals surface area contributed by atoms with Gasteiger partial charge >= 0.3 is 6.03 Å². The minimum Gasteiger partial charge on any atom is -0.337 e. The number of amides is 3. The summed E-state index contributed by atoms with van der Waals surface area (Å²) < 4.78 is 0. The van der Waals surface area contributed by atoms with Crippen LogP contribution in [0.15, 0.2) is 0 Å². The van der Waals surface area contributed by atoms with Crippen molar-refractivity contribution in [1.29, 1.82) is 0 Å². The SMILES string of the molecule is CC(C)C1CNC(=O)N(C(C)C)C1=O. The van der Waals surface area contributed by atoms with Crippen LogP contribution in [0.3, 0.4) is 0 Å². The molecule has 1 N–H and O–H groups in total. The molecule has 80 valence electrons. The molecule has 0 bridgehead atoms. The lowest BCUT2D eigenvalue weighted by Crippen LogP contribution is -2.58. The molecule has 1 heterocycles. The molecule has 0 spiro atoms. The second kappa shape index (κ2) is 3.98. The van der Waals surface area contributed by atoms with Crippen LogP contribution in [0.1, 0.15) is 27.7 Å². The standard InChI is InChI=1S/C10H18N2O2/c1-6(2)8-5-11-10(14)12(7(3)4)9(8)13/h6-8H,5H2,1-4H3,(H,11,14). The van der Waals surface area contributed by atoms with Crippen LogP contribution >= 0.6 is 0 Å². The van der Waals surface area contributed by atoms with Crippen molar-refractivity contribution in [2.75, 3.05) is 6.54 Å². The summed E-state index contributed by atoms with van der Waals surface area (Å²) in [6.45, 7) is 8.16. The van der Waals surface area contributed by atoms with Gasteiger partial charge in [0.25, 0.3) is 0 Å². The zero-order chi connectivity index (χ0) is 10.9. The van der Waals surface area contributed by atoms with E-state index in [1.807, 2.05) is 27.7 Å². The van der Waals surface area contributed by atoms with Crippen molar-refractivity contribution in [3.05, 3.63) is 0 Å². The molecule has 1 rings (SSSR count). The molecule has 1 saturated heterocycles. The van der Waals surface area contributed by atoms with Gasteiger partial charge in [-0.2, -0.15) is 0 Å². The van der Waals surface area contributed by atoms with E-state index in [1.54, 1.807) is 0 Å². The fourth-order valence-electron chi connectivity index (χ4n) is 1.66. The van der Waals surface area contributed by atoms with Gasteiger partial charge in [0.15, 0.2) is 0 Å². The van der Waals surface area contributed by atoms with Gasteiger partial charge in [-0.1, -0.05) is 13.8 Å². The van der Waals surface area contributed by atoms with Gasteiger partial charge in [0.05, 0.1) is 5.92 Å². The second-order valence-corrected chi connectivity index (χ2v) is 4.34. The molecule has 1 fully saturated rings. The molecule has 0 aromatic heterocycles. The third kappa shape index (κ3) is 1.89. The first-order valence-electron chi connectivity index (χ1n) is 5.06. The second-order valence-electron chi connectivity index (χ2n) is 4.34. The van der Waals surface area contributed by atoms with Gasteiger partial charge in [0.2, 0.25) is 5.91 Å². The van der Waals surface area contributed by atoms with Crippen LogP contribution in [0.4, 0.5) is 4.79 Å². The number of carbonyl (C=O) groups excluding carboxylic acids is 2. The molecule has 1 atom stereocenters. The van der Waals surface area contributed by atoms with Crippen molar-refractivity contribution in [1.82, 2.24) is 10.2 Å². The Kier molecular flexibility index (Phi) is 3.13. The highest BCUT2D eigenvalue weighted by Crippen LogP contribution is 2.19. The molecule has 1 aliphatic heterocycles. The largest absolute Gasteiger partial charge is 0.337 e. The van der Waals surface area contributed by atoms with Gasteiger partial charge in [-0.3, -0.25) is 9.69 Å². The molecule has 4 nitrogen and oxygen atoms in total. The number of urea groups is 1. The van der Waals surface area contributed by atoms with E-state index in [1.165, 1.54) is 4.90 Å². The first kappa shape index (κ1) is 11.0. The molecular weight excluding hydrogens is 180 g/mol. The van der Waals surface area contributed by atoms with Gasteiger partial charge in [0, 0.05) is 12.6 Å². The smallest absolute Gasteiger partial charge is 0.324 e. The van der Waals surface area contributed by atoms with Crippen molar-refractivity contribution >= 4 is 11.9 Å². The number of carbonyl (C=O) groups is 2. The topological polar surface area (TPSA) is 49.4 Å². The highest BCUT2D eigenvalue weighted by Gasteiger charge is 2.36. The van der Waals surface area contributed by atoms with E-state index in [-0.39, 0.29) is 29.8 Å². The molecule has 3 amide bonds. The fourth-order valence-corrected chi connectivity index (χ4v) is 1.66. The van der Waals surface area contributed by atoms with E-state index < -0.39 is 0 Å². The molecular formula is C10H18N2O2. The Morgan fingerprint density at radius 1 is 1.29 bits per heavy atom. The van der Waals surface area contributed by atoms with Crippen molar-refractivity contribution in [2.24, 2.45) is 11.8 Å². The predicted molar refractivity (Wildman–Crippen MR) is 53.7 cm³/mol. The van der Waals surface area contributed by atoms with Crippen LogP contribution in [0.25, 0.3) is 0 Å². The van der Waals surface area contributed by atoms with Crippen molar-refractivity contribution in [2.45, 2.75) is 33.7 Å². The Labute approximate surface area is 84.7 Å². The normalized spacial score (nSPS) is 23.3. The molecule has 1 unspecified atom stereocenters. The van der Waals surface area contributed by atoms with Crippen LogP contribution in [-0.2, 0) is 4.79 Å². The Morgan fingerprint density at radius 3 is 2.29 bits per heavy atom. The minimum atomic E-state index is -0.262.